The lowest BCUT2D eigenvalue weighted by Crippen LogP contribution is -2.41. The van der Waals surface area contributed by atoms with E-state index in [-0.39, 0.29) is 16.9 Å². The zero-order chi connectivity index (χ0) is 20.9. The van der Waals surface area contributed by atoms with E-state index < -0.39 is 26.6 Å². The first-order chi connectivity index (χ1) is 13.9. The van der Waals surface area contributed by atoms with Gasteiger partial charge in [-0.1, -0.05) is 6.42 Å². The predicted molar refractivity (Wildman–Crippen MR) is 108 cm³/mol. The fourth-order valence-electron chi connectivity index (χ4n) is 3.26. The van der Waals surface area contributed by atoms with E-state index in [2.05, 4.69) is 24.7 Å². The number of nitrogens with two attached hydrogens (primary N) is 1. The smallest absolute Gasteiger partial charge is 0.266 e. The summed E-state index contributed by atoms with van der Waals surface area (Å²) in [5.74, 6) is -1.90. The number of sulfonamides is 1. The van der Waals surface area contributed by atoms with Gasteiger partial charge >= 0.3 is 0 Å². The molecule has 2 aromatic rings. The Kier molecular flexibility index (Phi) is 7.33. The zero-order valence-corrected chi connectivity index (χ0v) is 17.3. The minimum atomic E-state index is -4.30. The van der Waals surface area contributed by atoms with Crippen LogP contribution < -0.4 is 21.1 Å². The maximum atomic E-state index is 14.3. The van der Waals surface area contributed by atoms with Gasteiger partial charge in [-0.15, -0.1) is 0 Å². The molecule has 8 nitrogen and oxygen atoms in total. The molecule has 12 heteroatoms. The van der Waals surface area contributed by atoms with Crippen LogP contribution in [0.25, 0.3) is 0 Å². The van der Waals surface area contributed by atoms with Crippen LogP contribution >= 0.6 is 11.5 Å². The number of nitrogens with one attached hydrogen (secondary N) is 3. The second-order valence-corrected chi connectivity index (χ2v) is 9.33. The van der Waals surface area contributed by atoms with E-state index in [1.165, 1.54) is 0 Å². The van der Waals surface area contributed by atoms with E-state index in [9.17, 15) is 17.2 Å². The molecular weight excluding hydrogens is 422 g/mol. The summed E-state index contributed by atoms with van der Waals surface area (Å²) < 4.78 is 58.8. The number of anilines is 2. The maximum Gasteiger partial charge on any atom is 0.266 e. The summed E-state index contributed by atoms with van der Waals surface area (Å²) in [6.07, 6.45) is 6.05. The van der Waals surface area contributed by atoms with Crippen molar-refractivity contribution in [3.05, 3.63) is 30.1 Å². The molecule has 1 aliphatic carbocycles. The van der Waals surface area contributed by atoms with Gasteiger partial charge in [-0.25, -0.2) is 22.2 Å². The van der Waals surface area contributed by atoms with Gasteiger partial charge in [-0.2, -0.15) is 4.37 Å². The summed E-state index contributed by atoms with van der Waals surface area (Å²) >= 11 is 0.791. The molecule has 1 aromatic carbocycles. The third-order valence-electron chi connectivity index (χ3n) is 4.79. The Hall–Kier alpha value is -1.89. The van der Waals surface area contributed by atoms with Crippen LogP contribution in [0, 0.1) is 11.6 Å². The molecule has 0 bridgehead atoms. The van der Waals surface area contributed by atoms with E-state index in [0.717, 1.165) is 62.6 Å². The first-order valence-corrected chi connectivity index (χ1v) is 11.6. The number of hydrogen-bond donors (Lipinski definition) is 4. The summed E-state index contributed by atoms with van der Waals surface area (Å²) in [5.41, 5.74) is 5.92. The Morgan fingerprint density at radius 2 is 1.97 bits per heavy atom. The van der Waals surface area contributed by atoms with Gasteiger partial charge in [0.25, 0.3) is 10.0 Å². The minimum Gasteiger partial charge on any atom is -0.383 e. The van der Waals surface area contributed by atoms with E-state index in [1.807, 2.05) is 0 Å². The molecule has 0 aliphatic heterocycles. The molecule has 0 radical (unpaired) electrons. The van der Waals surface area contributed by atoms with Crippen molar-refractivity contribution < 1.29 is 17.2 Å². The number of unbranched alkanes of at least 4 members (excludes halogenated alkanes) is 1. The van der Waals surface area contributed by atoms with Crippen LogP contribution in [0.3, 0.4) is 0 Å². The molecule has 3 rings (SSSR count). The summed E-state index contributed by atoms with van der Waals surface area (Å²) in [7, 11) is -4.30. The molecule has 2 atom stereocenters. The van der Waals surface area contributed by atoms with Crippen molar-refractivity contribution in [1.29, 1.82) is 0 Å². The van der Waals surface area contributed by atoms with Gasteiger partial charge in [0.05, 0.1) is 5.69 Å². The summed E-state index contributed by atoms with van der Waals surface area (Å²) in [5, 5.41) is 6.21. The number of hydrogen-bond acceptors (Lipinski definition) is 8. The SMILES string of the molecule is N[C@@H]1CCC[C@H]1NCCCCNc1cc(F)c(S(=O)(=O)Nc2ncns2)cc1F. The molecule has 1 aromatic heterocycles. The summed E-state index contributed by atoms with van der Waals surface area (Å²) in [6.45, 7) is 1.25. The standard InChI is InChI=1S/C17H24F2N6O2S2/c18-11-9-16(29(26,27)25-17-23-10-24-28-17)12(19)8-15(11)22-7-2-1-6-21-14-5-3-4-13(14)20/h8-10,13-14,21-22H,1-7,20H2,(H,23,24,25)/t13-,14-/m1/s1. The van der Waals surface area contributed by atoms with Crippen LogP contribution in [0.2, 0.25) is 0 Å². The first-order valence-electron chi connectivity index (χ1n) is 9.38. The number of aromatic nitrogens is 2. The number of halogens is 2. The average molecular weight is 447 g/mol. The molecular formula is C17H24F2N6O2S2. The Labute approximate surface area is 172 Å². The van der Waals surface area contributed by atoms with Crippen LogP contribution in [0.1, 0.15) is 32.1 Å². The van der Waals surface area contributed by atoms with E-state index in [4.69, 9.17) is 5.73 Å². The van der Waals surface area contributed by atoms with Gasteiger partial charge in [-0.3, -0.25) is 4.72 Å². The maximum absolute atomic E-state index is 14.3. The summed E-state index contributed by atoms with van der Waals surface area (Å²) in [6, 6.07) is 2.07. The van der Waals surface area contributed by atoms with Gasteiger partial charge < -0.3 is 16.4 Å². The number of nitrogens with zero attached hydrogens (tertiary/aromatic N) is 2. The monoisotopic (exact) mass is 446 g/mol. The largest absolute Gasteiger partial charge is 0.383 e. The Bertz CT molecular complexity index is 911. The van der Waals surface area contributed by atoms with Gasteiger partial charge in [0.2, 0.25) is 5.13 Å². The molecule has 29 heavy (non-hydrogen) atoms. The predicted octanol–water partition coefficient (Wildman–Crippen LogP) is 2.28. The second-order valence-electron chi connectivity index (χ2n) is 6.90. The Morgan fingerprint density at radius 3 is 2.66 bits per heavy atom. The van der Waals surface area contributed by atoms with Gasteiger partial charge in [0.1, 0.15) is 22.9 Å². The molecule has 0 unspecified atom stereocenters. The second kappa shape index (κ2) is 9.74. The molecule has 0 saturated heterocycles. The molecule has 1 fully saturated rings. The molecule has 1 heterocycles. The van der Waals surface area contributed by atoms with Crippen LogP contribution in [-0.4, -0.2) is 42.9 Å². The van der Waals surface area contributed by atoms with E-state index in [0.29, 0.717) is 18.7 Å². The Balaban J connectivity index is 1.50. The van der Waals surface area contributed by atoms with Crippen molar-refractivity contribution >= 4 is 32.4 Å². The van der Waals surface area contributed by atoms with Crippen molar-refractivity contribution in [3.8, 4) is 0 Å². The normalized spacial score (nSPS) is 19.4. The highest BCUT2D eigenvalue weighted by Crippen LogP contribution is 2.25. The highest BCUT2D eigenvalue weighted by Gasteiger charge is 2.24. The number of rotatable bonds is 10. The van der Waals surface area contributed by atoms with Crippen LogP contribution in [0.15, 0.2) is 23.4 Å². The molecule has 5 N–H and O–H groups in total. The molecule has 1 aliphatic rings. The molecule has 0 amide bonds. The Morgan fingerprint density at radius 1 is 1.17 bits per heavy atom. The first kappa shape index (κ1) is 21.8. The van der Waals surface area contributed by atoms with Crippen LogP contribution in [0.5, 0.6) is 0 Å². The molecule has 1 saturated carbocycles. The van der Waals surface area contributed by atoms with Crippen LogP contribution in [-0.2, 0) is 10.0 Å². The van der Waals surface area contributed by atoms with Gasteiger partial charge in [-0.05, 0) is 38.3 Å². The van der Waals surface area contributed by atoms with Gasteiger partial charge in [0, 0.05) is 36.2 Å². The lowest BCUT2D eigenvalue weighted by molar-refractivity contribution is 0.468. The molecule has 0 spiro atoms. The lowest BCUT2D eigenvalue weighted by Gasteiger charge is -2.17. The number of benzene rings is 1. The molecule has 160 valence electrons. The zero-order valence-electron chi connectivity index (χ0n) is 15.7. The quantitative estimate of drug-likeness (QED) is 0.413. The van der Waals surface area contributed by atoms with E-state index in [1.54, 1.807) is 0 Å². The highest BCUT2D eigenvalue weighted by molar-refractivity contribution is 7.93. The van der Waals surface area contributed by atoms with Crippen molar-refractivity contribution in [3.63, 3.8) is 0 Å². The fourth-order valence-corrected chi connectivity index (χ4v) is 4.99. The lowest BCUT2D eigenvalue weighted by atomic mass is 10.2. The van der Waals surface area contributed by atoms with Crippen LogP contribution in [0.4, 0.5) is 19.6 Å². The van der Waals surface area contributed by atoms with E-state index >= 15 is 0 Å². The summed E-state index contributed by atoms with van der Waals surface area (Å²) in [4.78, 5) is 2.88. The topological polar surface area (TPSA) is 122 Å². The minimum absolute atomic E-state index is 0.0285. The van der Waals surface area contributed by atoms with Gasteiger partial charge in [0.15, 0.2) is 0 Å². The van der Waals surface area contributed by atoms with Crippen molar-refractivity contribution in [2.75, 3.05) is 23.1 Å². The third-order valence-corrected chi connectivity index (χ3v) is 6.85. The fraction of sp³-hybridized carbons (Fsp3) is 0.529. The third kappa shape index (κ3) is 5.81. The highest BCUT2D eigenvalue weighted by atomic mass is 32.2. The average Bonchev–Trinajstić information content (AvgIpc) is 3.31. The van der Waals surface area contributed by atoms with Crippen molar-refractivity contribution in [1.82, 2.24) is 14.7 Å². The van der Waals surface area contributed by atoms with Crippen molar-refractivity contribution in [2.24, 2.45) is 5.73 Å². The van der Waals surface area contributed by atoms with Crippen molar-refractivity contribution in [2.45, 2.75) is 49.1 Å².